The number of methoxy groups -OCH3 is 1. The predicted octanol–water partition coefficient (Wildman–Crippen LogP) is 1.93. The zero-order valence-electron chi connectivity index (χ0n) is 9.53. The van der Waals surface area contributed by atoms with E-state index >= 15 is 0 Å². The first kappa shape index (κ1) is 11.9. The van der Waals surface area contributed by atoms with Crippen LogP contribution in [-0.2, 0) is 6.42 Å². The van der Waals surface area contributed by atoms with Gasteiger partial charge in [-0.2, -0.15) is 0 Å². The molecule has 0 aliphatic heterocycles. The lowest BCUT2D eigenvalue weighted by atomic mass is 9.97. The van der Waals surface area contributed by atoms with Gasteiger partial charge in [0, 0.05) is 6.04 Å². The van der Waals surface area contributed by atoms with Gasteiger partial charge in [0.05, 0.1) is 7.11 Å². The summed E-state index contributed by atoms with van der Waals surface area (Å²) in [5.41, 5.74) is 6.99. The first-order chi connectivity index (χ1) is 7.04. The second-order valence-corrected chi connectivity index (χ2v) is 4.12. The van der Waals surface area contributed by atoms with E-state index in [1.165, 1.54) is 7.11 Å². The molecular weight excluding hydrogens is 190 g/mol. The third-order valence-electron chi connectivity index (χ3n) is 2.57. The number of benzene rings is 1. The Hall–Kier alpha value is -1.22. The van der Waals surface area contributed by atoms with Crippen molar-refractivity contribution in [1.82, 2.24) is 0 Å². The van der Waals surface area contributed by atoms with Crippen LogP contribution in [0.15, 0.2) is 18.2 Å². The maximum Gasteiger partial charge on any atom is 0.160 e. The molecule has 0 aliphatic carbocycles. The molecule has 15 heavy (non-hydrogen) atoms. The van der Waals surface area contributed by atoms with Crippen molar-refractivity contribution >= 4 is 0 Å². The molecule has 1 aromatic rings. The summed E-state index contributed by atoms with van der Waals surface area (Å²) in [6.07, 6.45) is 0.773. The van der Waals surface area contributed by atoms with Gasteiger partial charge in [0.2, 0.25) is 0 Å². The molecule has 1 unspecified atom stereocenters. The Kier molecular flexibility index (Phi) is 3.97. The molecule has 0 amide bonds. The van der Waals surface area contributed by atoms with Crippen molar-refractivity contribution in [2.75, 3.05) is 7.11 Å². The number of aromatic hydroxyl groups is 1. The summed E-state index contributed by atoms with van der Waals surface area (Å²) in [7, 11) is 1.54. The number of hydrogen-bond acceptors (Lipinski definition) is 3. The molecule has 0 fully saturated rings. The van der Waals surface area contributed by atoms with E-state index in [1.54, 1.807) is 12.1 Å². The summed E-state index contributed by atoms with van der Waals surface area (Å²) in [5, 5.41) is 9.58. The highest BCUT2D eigenvalue weighted by Crippen LogP contribution is 2.26. The highest BCUT2D eigenvalue weighted by molar-refractivity contribution is 5.41. The van der Waals surface area contributed by atoms with Gasteiger partial charge < -0.3 is 15.6 Å². The van der Waals surface area contributed by atoms with Gasteiger partial charge in [-0.3, -0.25) is 0 Å². The van der Waals surface area contributed by atoms with Gasteiger partial charge in [-0.05, 0) is 30.0 Å². The fourth-order valence-corrected chi connectivity index (χ4v) is 1.37. The third-order valence-corrected chi connectivity index (χ3v) is 2.57. The van der Waals surface area contributed by atoms with Crippen LogP contribution in [0.3, 0.4) is 0 Å². The van der Waals surface area contributed by atoms with Crippen molar-refractivity contribution in [2.45, 2.75) is 26.3 Å². The van der Waals surface area contributed by atoms with Crippen molar-refractivity contribution in [3.63, 3.8) is 0 Å². The molecule has 0 saturated heterocycles. The molecule has 0 radical (unpaired) electrons. The lowest BCUT2D eigenvalue weighted by Gasteiger charge is -2.15. The minimum Gasteiger partial charge on any atom is -0.504 e. The molecule has 0 aliphatic rings. The molecule has 0 spiro atoms. The standard InChI is InChI=1S/C12H19NO2/c1-8(2)10(13)6-9-4-5-12(15-3)11(14)7-9/h4-5,7-8,10,14H,6,13H2,1-3H3. The number of ether oxygens (including phenoxy) is 1. The molecule has 0 bridgehead atoms. The number of hydrogen-bond donors (Lipinski definition) is 2. The molecule has 3 heteroatoms. The molecule has 0 heterocycles. The Labute approximate surface area is 90.9 Å². The highest BCUT2D eigenvalue weighted by Gasteiger charge is 2.10. The minimum absolute atomic E-state index is 0.123. The Bertz CT molecular complexity index is 323. The van der Waals surface area contributed by atoms with E-state index < -0.39 is 0 Å². The average molecular weight is 209 g/mol. The molecule has 84 valence electrons. The summed E-state index contributed by atoms with van der Waals surface area (Å²) < 4.78 is 4.97. The maximum absolute atomic E-state index is 9.58. The monoisotopic (exact) mass is 209 g/mol. The van der Waals surface area contributed by atoms with E-state index in [4.69, 9.17) is 10.5 Å². The first-order valence-corrected chi connectivity index (χ1v) is 5.16. The average Bonchev–Trinajstić information content (AvgIpc) is 2.18. The van der Waals surface area contributed by atoms with Gasteiger partial charge in [0.25, 0.3) is 0 Å². The normalized spacial score (nSPS) is 12.9. The van der Waals surface area contributed by atoms with Crippen molar-refractivity contribution in [2.24, 2.45) is 11.7 Å². The van der Waals surface area contributed by atoms with E-state index in [0.717, 1.165) is 12.0 Å². The molecule has 1 rings (SSSR count). The smallest absolute Gasteiger partial charge is 0.160 e. The van der Waals surface area contributed by atoms with Crippen LogP contribution in [0.4, 0.5) is 0 Å². The van der Waals surface area contributed by atoms with Crippen LogP contribution in [0.2, 0.25) is 0 Å². The number of phenols is 1. The molecule has 3 N–H and O–H groups in total. The Morgan fingerprint density at radius 3 is 2.53 bits per heavy atom. The van der Waals surface area contributed by atoms with E-state index in [9.17, 15) is 5.11 Å². The van der Waals surface area contributed by atoms with Crippen LogP contribution < -0.4 is 10.5 Å². The van der Waals surface area contributed by atoms with Gasteiger partial charge in [-0.25, -0.2) is 0 Å². The van der Waals surface area contributed by atoms with Gasteiger partial charge >= 0.3 is 0 Å². The van der Waals surface area contributed by atoms with Crippen LogP contribution in [0.25, 0.3) is 0 Å². The Balaban J connectivity index is 2.75. The second-order valence-electron chi connectivity index (χ2n) is 4.12. The van der Waals surface area contributed by atoms with Crippen molar-refractivity contribution in [3.8, 4) is 11.5 Å². The Morgan fingerprint density at radius 1 is 1.40 bits per heavy atom. The molecule has 0 aromatic heterocycles. The largest absolute Gasteiger partial charge is 0.504 e. The van der Waals surface area contributed by atoms with Crippen molar-refractivity contribution in [3.05, 3.63) is 23.8 Å². The van der Waals surface area contributed by atoms with Crippen LogP contribution in [0, 0.1) is 5.92 Å². The molecular formula is C12H19NO2. The van der Waals surface area contributed by atoms with Gasteiger partial charge in [-0.15, -0.1) is 0 Å². The Morgan fingerprint density at radius 2 is 2.07 bits per heavy atom. The topological polar surface area (TPSA) is 55.5 Å². The second kappa shape index (κ2) is 5.03. The minimum atomic E-state index is 0.123. The summed E-state index contributed by atoms with van der Waals surface area (Å²) in [4.78, 5) is 0. The summed E-state index contributed by atoms with van der Waals surface area (Å²) in [5.74, 6) is 1.11. The van der Waals surface area contributed by atoms with Crippen LogP contribution in [-0.4, -0.2) is 18.3 Å². The zero-order valence-corrected chi connectivity index (χ0v) is 9.53. The number of phenolic OH excluding ortho intramolecular Hbond substituents is 1. The quantitative estimate of drug-likeness (QED) is 0.796. The zero-order chi connectivity index (χ0) is 11.4. The summed E-state index contributed by atoms with van der Waals surface area (Å²) >= 11 is 0. The molecule has 0 saturated carbocycles. The summed E-state index contributed by atoms with van der Waals surface area (Å²) in [6, 6.07) is 5.53. The fourth-order valence-electron chi connectivity index (χ4n) is 1.37. The SMILES string of the molecule is COc1ccc(CC(N)C(C)C)cc1O. The lowest BCUT2D eigenvalue weighted by molar-refractivity contribution is 0.372. The number of rotatable bonds is 4. The predicted molar refractivity (Wildman–Crippen MR) is 61.2 cm³/mol. The van der Waals surface area contributed by atoms with Gasteiger partial charge in [0.1, 0.15) is 0 Å². The molecule has 1 atom stereocenters. The molecule has 3 nitrogen and oxygen atoms in total. The lowest BCUT2D eigenvalue weighted by Crippen LogP contribution is -2.28. The van der Waals surface area contributed by atoms with Gasteiger partial charge in [-0.1, -0.05) is 19.9 Å². The maximum atomic E-state index is 9.58. The van der Waals surface area contributed by atoms with E-state index in [-0.39, 0.29) is 11.8 Å². The van der Waals surface area contributed by atoms with Crippen LogP contribution in [0.5, 0.6) is 11.5 Å². The van der Waals surface area contributed by atoms with E-state index in [2.05, 4.69) is 13.8 Å². The van der Waals surface area contributed by atoms with E-state index in [1.807, 2.05) is 6.07 Å². The van der Waals surface area contributed by atoms with Crippen molar-refractivity contribution in [1.29, 1.82) is 0 Å². The fraction of sp³-hybridized carbons (Fsp3) is 0.500. The van der Waals surface area contributed by atoms with Gasteiger partial charge in [0.15, 0.2) is 11.5 Å². The highest BCUT2D eigenvalue weighted by atomic mass is 16.5. The van der Waals surface area contributed by atoms with Crippen LogP contribution in [0.1, 0.15) is 19.4 Å². The van der Waals surface area contributed by atoms with Crippen LogP contribution >= 0.6 is 0 Å². The van der Waals surface area contributed by atoms with Crippen molar-refractivity contribution < 1.29 is 9.84 Å². The first-order valence-electron chi connectivity index (χ1n) is 5.16. The number of nitrogens with two attached hydrogens (primary N) is 1. The third kappa shape index (κ3) is 3.13. The summed E-state index contributed by atoms with van der Waals surface area (Å²) in [6.45, 7) is 4.18. The molecule has 1 aromatic carbocycles. The van der Waals surface area contributed by atoms with E-state index in [0.29, 0.717) is 11.7 Å².